The third-order valence-electron chi connectivity index (χ3n) is 3.03. The van der Waals surface area contributed by atoms with Crippen LogP contribution < -0.4 is 10.3 Å². The molecule has 1 heterocycles. The number of H-pyrrole nitrogens is 2. The molecule has 0 aliphatic carbocycles. The Morgan fingerprint density at radius 1 is 1.20 bits per heavy atom. The third-order valence-corrected chi connectivity index (χ3v) is 3.24. The lowest BCUT2D eigenvalue weighted by molar-refractivity contribution is 0.317. The van der Waals surface area contributed by atoms with Crippen LogP contribution in [-0.2, 0) is 6.42 Å². The van der Waals surface area contributed by atoms with Gasteiger partial charge in [0.15, 0.2) is 4.77 Å². The molecular weight excluding hydrogens is 272 g/mol. The summed E-state index contributed by atoms with van der Waals surface area (Å²) in [6.45, 7) is 4.65. The normalized spacial score (nSPS) is 10.5. The van der Waals surface area contributed by atoms with E-state index < -0.39 is 0 Å². The molecule has 0 amide bonds. The molecule has 0 atom stereocenters. The van der Waals surface area contributed by atoms with Gasteiger partial charge in [0.1, 0.15) is 5.75 Å². The summed E-state index contributed by atoms with van der Waals surface area (Å²) in [6, 6.07) is 7.82. The van der Waals surface area contributed by atoms with Crippen molar-refractivity contribution in [3.8, 4) is 5.75 Å². The van der Waals surface area contributed by atoms with E-state index in [9.17, 15) is 4.79 Å². The number of hydrogen-bond acceptors (Lipinski definition) is 3. The number of benzene rings is 1. The maximum absolute atomic E-state index is 11.9. The van der Waals surface area contributed by atoms with Crippen molar-refractivity contribution in [3.63, 3.8) is 0 Å². The van der Waals surface area contributed by atoms with Gasteiger partial charge < -0.3 is 9.72 Å². The van der Waals surface area contributed by atoms with Gasteiger partial charge in [-0.05, 0) is 43.3 Å². The molecule has 106 valence electrons. The van der Waals surface area contributed by atoms with E-state index in [1.807, 2.05) is 31.2 Å². The Morgan fingerprint density at radius 3 is 2.50 bits per heavy atom. The largest absolute Gasteiger partial charge is 0.494 e. The van der Waals surface area contributed by atoms with Gasteiger partial charge in [0.05, 0.1) is 6.61 Å². The lowest BCUT2D eigenvalue weighted by Crippen LogP contribution is -2.16. The molecule has 2 N–H and O–H groups in total. The van der Waals surface area contributed by atoms with Crippen LogP contribution in [0.3, 0.4) is 0 Å². The minimum absolute atomic E-state index is 0.127. The Kier molecular flexibility index (Phi) is 4.74. The molecule has 0 unspecified atom stereocenters. The van der Waals surface area contributed by atoms with Crippen molar-refractivity contribution in [2.24, 2.45) is 0 Å². The Bertz CT molecular complexity index is 686. The topological polar surface area (TPSA) is 57.9 Å². The van der Waals surface area contributed by atoms with E-state index >= 15 is 0 Å². The zero-order valence-electron chi connectivity index (χ0n) is 11.7. The van der Waals surface area contributed by atoms with Gasteiger partial charge in [-0.1, -0.05) is 19.1 Å². The molecular formula is C15H18N2O2S. The molecule has 1 aromatic heterocycles. The van der Waals surface area contributed by atoms with Crippen LogP contribution in [0.1, 0.15) is 30.2 Å². The molecule has 20 heavy (non-hydrogen) atoms. The predicted octanol–water partition coefficient (Wildman–Crippen LogP) is 3.12. The highest BCUT2D eigenvalue weighted by molar-refractivity contribution is 7.71. The monoisotopic (exact) mass is 290 g/mol. The van der Waals surface area contributed by atoms with Gasteiger partial charge in [0.25, 0.3) is 5.56 Å². The molecule has 0 saturated heterocycles. The molecule has 0 fully saturated rings. The van der Waals surface area contributed by atoms with E-state index in [-0.39, 0.29) is 5.56 Å². The van der Waals surface area contributed by atoms with Crippen molar-refractivity contribution in [1.29, 1.82) is 0 Å². The van der Waals surface area contributed by atoms with Gasteiger partial charge in [-0.25, -0.2) is 0 Å². The maximum atomic E-state index is 11.9. The first-order chi connectivity index (χ1) is 9.60. The molecule has 0 radical (unpaired) electrons. The molecule has 1 aromatic carbocycles. The molecule has 0 aliphatic heterocycles. The van der Waals surface area contributed by atoms with Gasteiger partial charge in [0.2, 0.25) is 0 Å². The molecule has 0 spiro atoms. The fourth-order valence-electron chi connectivity index (χ4n) is 1.97. The molecule has 2 aromatic rings. The zero-order chi connectivity index (χ0) is 14.5. The highest BCUT2D eigenvalue weighted by atomic mass is 32.1. The quantitative estimate of drug-likeness (QED) is 0.832. The van der Waals surface area contributed by atoms with Crippen LogP contribution in [0.5, 0.6) is 5.75 Å². The van der Waals surface area contributed by atoms with E-state index in [1.165, 1.54) is 0 Å². The first-order valence-corrected chi connectivity index (χ1v) is 7.04. The van der Waals surface area contributed by atoms with Gasteiger partial charge in [-0.2, -0.15) is 0 Å². The van der Waals surface area contributed by atoms with Crippen LogP contribution in [0.25, 0.3) is 0 Å². The van der Waals surface area contributed by atoms with E-state index in [0.717, 1.165) is 23.4 Å². The van der Waals surface area contributed by atoms with Crippen LogP contribution in [0, 0.1) is 11.7 Å². The fraction of sp³-hybridized carbons (Fsp3) is 0.333. The van der Waals surface area contributed by atoms with Crippen LogP contribution in [-0.4, -0.2) is 16.6 Å². The summed E-state index contributed by atoms with van der Waals surface area (Å²) >= 11 is 4.94. The summed E-state index contributed by atoms with van der Waals surface area (Å²) in [5.74, 6) is 0.855. The summed E-state index contributed by atoms with van der Waals surface area (Å²) in [5, 5.41) is 0. The maximum Gasteiger partial charge on any atom is 0.255 e. The van der Waals surface area contributed by atoms with E-state index in [4.69, 9.17) is 17.0 Å². The van der Waals surface area contributed by atoms with Crippen LogP contribution in [0.15, 0.2) is 29.1 Å². The van der Waals surface area contributed by atoms with Crippen molar-refractivity contribution in [2.75, 3.05) is 6.61 Å². The standard InChI is InChI=1S/C15H18N2O2S/c1-3-8-19-12-6-4-11(5-7-12)9-13-10(2)16-15(20)17-14(13)18/h4-7H,3,8-9H2,1-2H3,(H2,16,17,18,20). The van der Waals surface area contributed by atoms with Crippen molar-refractivity contribution in [1.82, 2.24) is 9.97 Å². The summed E-state index contributed by atoms with van der Waals surface area (Å²) < 4.78 is 5.90. The van der Waals surface area contributed by atoms with E-state index in [2.05, 4.69) is 16.9 Å². The third kappa shape index (κ3) is 3.57. The summed E-state index contributed by atoms with van der Waals surface area (Å²) in [7, 11) is 0. The van der Waals surface area contributed by atoms with Crippen molar-refractivity contribution >= 4 is 12.2 Å². The average molecular weight is 290 g/mol. The first-order valence-electron chi connectivity index (χ1n) is 6.64. The predicted molar refractivity (Wildman–Crippen MR) is 82.0 cm³/mol. The smallest absolute Gasteiger partial charge is 0.255 e. The SMILES string of the molecule is CCCOc1ccc(Cc2c(C)[nH]c(=S)[nH]c2=O)cc1. The van der Waals surface area contributed by atoms with Gasteiger partial charge >= 0.3 is 0 Å². The van der Waals surface area contributed by atoms with Crippen LogP contribution >= 0.6 is 12.2 Å². The number of hydrogen-bond donors (Lipinski definition) is 2. The second kappa shape index (κ2) is 6.52. The molecule has 0 aliphatic rings. The van der Waals surface area contributed by atoms with Gasteiger partial charge in [-0.3, -0.25) is 9.78 Å². The van der Waals surface area contributed by atoms with E-state index in [1.54, 1.807) is 0 Å². The molecule has 2 rings (SSSR count). The number of aromatic amines is 2. The fourth-order valence-corrected chi connectivity index (χ4v) is 2.21. The second-order valence-corrected chi connectivity index (χ2v) is 5.09. The number of rotatable bonds is 5. The number of ether oxygens (including phenoxy) is 1. The number of aromatic nitrogens is 2. The number of nitrogens with one attached hydrogen (secondary N) is 2. The summed E-state index contributed by atoms with van der Waals surface area (Å²) in [5.41, 5.74) is 2.46. The Balaban J connectivity index is 2.18. The Labute approximate surface area is 122 Å². The average Bonchev–Trinajstić information content (AvgIpc) is 2.42. The highest BCUT2D eigenvalue weighted by Crippen LogP contribution is 2.15. The molecule has 4 nitrogen and oxygen atoms in total. The minimum Gasteiger partial charge on any atom is -0.494 e. The Morgan fingerprint density at radius 2 is 1.90 bits per heavy atom. The van der Waals surface area contributed by atoms with Crippen molar-refractivity contribution in [3.05, 3.63) is 56.2 Å². The van der Waals surface area contributed by atoms with Gasteiger partial charge in [0, 0.05) is 17.7 Å². The Hall–Kier alpha value is -1.88. The second-order valence-electron chi connectivity index (χ2n) is 4.68. The van der Waals surface area contributed by atoms with Crippen molar-refractivity contribution in [2.45, 2.75) is 26.7 Å². The minimum atomic E-state index is -0.127. The highest BCUT2D eigenvalue weighted by Gasteiger charge is 2.06. The van der Waals surface area contributed by atoms with Crippen molar-refractivity contribution < 1.29 is 4.74 Å². The molecule has 0 bridgehead atoms. The first kappa shape index (κ1) is 14.5. The molecule has 0 saturated carbocycles. The lowest BCUT2D eigenvalue weighted by Gasteiger charge is -2.07. The summed E-state index contributed by atoms with van der Waals surface area (Å²) in [4.78, 5) is 17.5. The molecule has 5 heteroatoms. The van der Waals surface area contributed by atoms with E-state index in [0.29, 0.717) is 23.4 Å². The lowest BCUT2D eigenvalue weighted by atomic mass is 10.1. The summed E-state index contributed by atoms with van der Waals surface area (Å²) in [6.07, 6.45) is 1.56. The zero-order valence-corrected chi connectivity index (χ0v) is 12.5. The van der Waals surface area contributed by atoms with Crippen LogP contribution in [0.2, 0.25) is 0 Å². The number of aryl methyl sites for hydroxylation is 1. The van der Waals surface area contributed by atoms with Gasteiger partial charge in [-0.15, -0.1) is 0 Å². The van der Waals surface area contributed by atoms with Crippen LogP contribution in [0.4, 0.5) is 0 Å².